The average molecular weight is 433 g/mol. The van der Waals surface area contributed by atoms with Gasteiger partial charge in [0.1, 0.15) is 0 Å². The van der Waals surface area contributed by atoms with Gasteiger partial charge in [0.15, 0.2) is 0 Å². The van der Waals surface area contributed by atoms with Crippen molar-refractivity contribution in [2.75, 3.05) is 6.61 Å². The van der Waals surface area contributed by atoms with Crippen LogP contribution in [0.2, 0.25) is 4.44 Å². The molecule has 0 saturated heterocycles. The van der Waals surface area contributed by atoms with E-state index in [1.807, 2.05) is 25.1 Å². The molecular formula is C13H22Cl3NOSn. The Kier molecular flexibility index (Phi) is 13.1. The van der Waals surface area contributed by atoms with Crippen molar-refractivity contribution in [3.05, 3.63) is 35.9 Å². The first-order valence-corrected chi connectivity index (χ1v) is 19.3. The first-order valence-electron chi connectivity index (χ1n) is 6.45. The first-order chi connectivity index (χ1) is 8.99. The molecule has 1 N–H and O–H groups in total. The number of hydrogen-bond acceptors (Lipinski definition) is 2. The van der Waals surface area contributed by atoms with E-state index < -0.39 is 15.0 Å². The molecule has 110 valence electrons. The smallest absolute Gasteiger partial charge is 0.0654 e. The molecule has 0 aliphatic carbocycles. The zero-order chi connectivity index (χ0) is 14.6. The van der Waals surface area contributed by atoms with E-state index in [1.165, 1.54) is 5.56 Å². The van der Waals surface area contributed by atoms with Crippen molar-refractivity contribution in [1.29, 1.82) is 0 Å². The van der Waals surface area contributed by atoms with Crippen molar-refractivity contribution in [1.82, 2.24) is 5.48 Å². The van der Waals surface area contributed by atoms with E-state index in [2.05, 4.69) is 24.5 Å². The van der Waals surface area contributed by atoms with Crippen LogP contribution in [0.5, 0.6) is 0 Å². The van der Waals surface area contributed by atoms with Crippen molar-refractivity contribution < 1.29 is 4.84 Å². The number of benzene rings is 1. The maximum Gasteiger partial charge on any atom is 0.0654 e. The monoisotopic (exact) mass is 433 g/mol. The third-order valence-corrected chi connectivity index (χ3v) is 8.61. The number of hydroxylamine groups is 1. The number of rotatable bonds is 7. The molecule has 0 unspecified atom stereocenters. The van der Waals surface area contributed by atoms with Crippen LogP contribution < -0.4 is 5.48 Å². The van der Waals surface area contributed by atoms with Crippen LogP contribution >= 0.6 is 26.8 Å². The van der Waals surface area contributed by atoms with Crippen molar-refractivity contribution in [3.8, 4) is 0 Å². The third-order valence-electron chi connectivity index (χ3n) is 2.18. The van der Waals surface area contributed by atoms with Crippen molar-refractivity contribution in [3.63, 3.8) is 0 Å². The van der Waals surface area contributed by atoms with E-state index >= 15 is 0 Å². The van der Waals surface area contributed by atoms with E-state index in [0.717, 1.165) is 23.8 Å². The van der Waals surface area contributed by atoms with Gasteiger partial charge in [-0.2, -0.15) is 5.48 Å². The Hall–Kier alpha value is 0.809. The summed E-state index contributed by atoms with van der Waals surface area (Å²) in [4.78, 5) is 4.99. The molecule has 0 amide bonds. The largest absolute Gasteiger partial charge is 0.302 e. The van der Waals surface area contributed by atoms with E-state index in [9.17, 15) is 0 Å². The minimum atomic E-state index is -2.89. The number of hydrogen-bond donors (Lipinski definition) is 1. The molecule has 1 rings (SSSR count). The van der Waals surface area contributed by atoms with Crippen LogP contribution in [0.25, 0.3) is 0 Å². The molecule has 0 atom stereocenters. The molecule has 0 aliphatic rings. The summed E-state index contributed by atoms with van der Waals surface area (Å²) in [6.45, 7) is 5.53. The predicted molar refractivity (Wildman–Crippen MR) is 87.9 cm³/mol. The van der Waals surface area contributed by atoms with Crippen LogP contribution in [0.4, 0.5) is 0 Å². The summed E-state index contributed by atoms with van der Waals surface area (Å²) in [7, 11) is 17.0. The van der Waals surface area contributed by atoms with Gasteiger partial charge in [0.05, 0.1) is 6.61 Å². The van der Waals surface area contributed by atoms with Crippen molar-refractivity contribution >= 4 is 41.8 Å². The van der Waals surface area contributed by atoms with E-state index in [1.54, 1.807) is 0 Å². The van der Waals surface area contributed by atoms with Gasteiger partial charge in [-0.1, -0.05) is 30.3 Å². The molecule has 0 heterocycles. The van der Waals surface area contributed by atoms with Crippen LogP contribution in [-0.4, -0.2) is 21.6 Å². The Balaban J connectivity index is 0.000000362. The average Bonchev–Trinajstić information content (AvgIpc) is 2.38. The fourth-order valence-electron chi connectivity index (χ4n) is 1.21. The zero-order valence-corrected chi connectivity index (χ0v) is 16.6. The van der Waals surface area contributed by atoms with Crippen LogP contribution in [0.1, 0.15) is 32.3 Å². The Labute approximate surface area is 131 Å². The summed E-state index contributed by atoms with van der Waals surface area (Å²) in [6.07, 6.45) is 2.21. The van der Waals surface area contributed by atoms with Gasteiger partial charge in [0.2, 0.25) is 0 Å². The summed E-state index contributed by atoms with van der Waals surface area (Å²) < 4.78 is 0.871. The van der Waals surface area contributed by atoms with Gasteiger partial charge >= 0.3 is 66.0 Å². The predicted octanol–water partition coefficient (Wildman–Crippen LogP) is 5.17. The van der Waals surface area contributed by atoms with Gasteiger partial charge in [0.25, 0.3) is 0 Å². The topological polar surface area (TPSA) is 21.3 Å². The Morgan fingerprint density at radius 2 is 1.74 bits per heavy atom. The fourth-order valence-corrected chi connectivity index (χ4v) is 6.05. The van der Waals surface area contributed by atoms with Gasteiger partial charge in [0, 0.05) is 6.54 Å². The normalized spacial score (nSPS) is 10.8. The van der Waals surface area contributed by atoms with Gasteiger partial charge in [-0.3, -0.25) is 0 Å². The van der Waals surface area contributed by atoms with Crippen molar-refractivity contribution in [2.45, 2.75) is 37.7 Å². The molecule has 19 heavy (non-hydrogen) atoms. The molecule has 1 aromatic carbocycles. The molecule has 0 aliphatic heterocycles. The van der Waals surface area contributed by atoms with Crippen molar-refractivity contribution in [2.24, 2.45) is 0 Å². The standard InChI is InChI=1S/C9H13NO.C4H9.3ClH.Sn/c1-2-11-10-8-9-6-4-3-5-7-9;1-3-4-2;;;;/h3-7,10H,2,8H2,1H3;1,3-4H2,2H3;3*1H;/q;;;;;+3/p-3. The molecule has 0 radical (unpaired) electrons. The summed E-state index contributed by atoms with van der Waals surface area (Å²) in [5, 5.41) is 0. The Morgan fingerprint density at radius 1 is 1.11 bits per heavy atom. The molecule has 0 aromatic heterocycles. The minimum absolute atomic E-state index is 0.701. The van der Waals surface area contributed by atoms with Crippen LogP contribution in [-0.2, 0) is 11.4 Å². The Bertz CT molecular complexity index is 307. The number of halogens is 3. The Morgan fingerprint density at radius 3 is 2.16 bits per heavy atom. The minimum Gasteiger partial charge on any atom is -0.302 e. The third kappa shape index (κ3) is 15.0. The van der Waals surface area contributed by atoms with Gasteiger partial charge in [-0.25, -0.2) is 0 Å². The van der Waals surface area contributed by atoms with E-state index in [-0.39, 0.29) is 0 Å². The molecule has 1 aromatic rings. The number of nitrogens with one attached hydrogen (secondary N) is 1. The molecule has 6 heteroatoms. The molecular weight excluding hydrogens is 411 g/mol. The molecule has 0 fully saturated rings. The van der Waals surface area contributed by atoms with Gasteiger partial charge < -0.3 is 4.84 Å². The van der Waals surface area contributed by atoms with Crippen LogP contribution in [0.3, 0.4) is 0 Å². The molecule has 0 saturated carbocycles. The second-order valence-corrected chi connectivity index (χ2v) is 25.8. The SMILES string of the molecule is CCC[CH2][Sn]([Cl])([Cl])[Cl].CCONCc1ccccc1. The van der Waals surface area contributed by atoms with Crippen LogP contribution in [0, 0.1) is 0 Å². The zero-order valence-electron chi connectivity index (χ0n) is 11.5. The summed E-state index contributed by atoms with van der Waals surface area (Å²) in [5.41, 5.74) is 4.09. The second kappa shape index (κ2) is 12.5. The first kappa shape index (κ1) is 19.8. The van der Waals surface area contributed by atoms with Crippen LogP contribution in [0.15, 0.2) is 30.3 Å². The fraction of sp³-hybridized carbons (Fsp3) is 0.538. The van der Waals surface area contributed by atoms with Gasteiger partial charge in [-0.15, -0.1) is 0 Å². The van der Waals surface area contributed by atoms with E-state index in [4.69, 9.17) is 31.6 Å². The summed E-state index contributed by atoms with van der Waals surface area (Å²) in [6, 6.07) is 10.2. The molecule has 0 bridgehead atoms. The second-order valence-electron chi connectivity index (χ2n) is 3.96. The summed E-state index contributed by atoms with van der Waals surface area (Å²) >= 11 is -2.89. The maximum atomic E-state index is 5.65. The molecule has 2 nitrogen and oxygen atoms in total. The number of unbranched alkanes of at least 4 members (excludes halogenated alkanes) is 1. The quantitative estimate of drug-likeness (QED) is 0.364. The van der Waals surface area contributed by atoms with Gasteiger partial charge in [-0.05, 0) is 12.5 Å². The maximum absolute atomic E-state index is 5.65. The summed E-state index contributed by atoms with van der Waals surface area (Å²) in [5.74, 6) is 0. The molecule has 0 spiro atoms. The van der Waals surface area contributed by atoms with E-state index in [0.29, 0.717) is 6.61 Å².